The summed E-state index contributed by atoms with van der Waals surface area (Å²) >= 11 is 0. The number of methoxy groups -OCH3 is 1. The lowest BCUT2D eigenvalue weighted by molar-refractivity contribution is -0.265. The number of carbonyl (C=O) groups is 1. The average Bonchev–Trinajstić information content (AvgIpc) is 3.68. The molecule has 0 fully saturated rings. The number of halogens is 4. The molecule has 0 radical (unpaired) electrons. The van der Waals surface area contributed by atoms with E-state index in [2.05, 4.69) is 25.5 Å². The van der Waals surface area contributed by atoms with Crippen LogP contribution < -0.4 is 14.8 Å². The molecular formula is C30H24F4N6O4. The molecule has 0 aliphatic carbocycles. The van der Waals surface area contributed by atoms with Gasteiger partial charge in [-0.1, -0.05) is 6.07 Å². The SMILES string of the molecule is COc1cc(C(=O)NCC(O)(c2cc3c(c(-c4ccc(F)cc4)n2)OC[C@]3(C)n2cnnc2)C(F)(F)F)cc2cccnc12. The van der Waals surface area contributed by atoms with Gasteiger partial charge >= 0.3 is 6.18 Å². The molecule has 4 heterocycles. The van der Waals surface area contributed by atoms with Crippen LogP contribution in [0.1, 0.15) is 28.5 Å². The number of fused-ring (bicyclic) bond motifs is 2. The number of hydrogen-bond donors (Lipinski definition) is 2. The van der Waals surface area contributed by atoms with Crippen LogP contribution in [0.25, 0.3) is 22.2 Å². The van der Waals surface area contributed by atoms with Gasteiger partial charge in [0.25, 0.3) is 5.91 Å². The molecule has 1 aliphatic heterocycles. The Kier molecular flexibility index (Phi) is 6.95. The van der Waals surface area contributed by atoms with Crippen molar-refractivity contribution in [3.63, 3.8) is 0 Å². The summed E-state index contributed by atoms with van der Waals surface area (Å²) in [5.74, 6) is -1.06. The lowest BCUT2D eigenvalue weighted by Crippen LogP contribution is -2.51. The summed E-state index contributed by atoms with van der Waals surface area (Å²) in [5.41, 5.74) is -4.61. The smallest absolute Gasteiger partial charge is 0.424 e. The van der Waals surface area contributed by atoms with Crippen molar-refractivity contribution in [2.24, 2.45) is 0 Å². The number of alkyl halides is 3. The number of nitrogens with one attached hydrogen (secondary N) is 1. The van der Waals surface area contributed by atoms with Crippen molar-refractivity contribution in [1.29, 1.82) is 0 Å². The van der Waals surface area contributed by atoms with Gasteiger partial charge < -0.3 is 24.5 Å². The number of benzene rings is 2. The van der Waals surface area contributed by atoms with Gasteiger partial charge in [-0.2, -0.15) is 13.2 Å². The Morgan fingerprint density at radius 2 is 1.86 bits per heavy atom. The van der Waals surface area contributed by atoms with Crippen LogP contribution in [0.15, 0.2) is 73.4 Å². The van der Waals surface area contributed by atoms with Gasteiger partial charge in [0, 0.05) is 28.3 Å². The van der Waals surface area contributed by atoms with E-state index in [1.807, 2.05) is 0 Å². The molecule has 1 aliphatic rings. The van der Waals surface area contributed by atoms with Crippen LogP contribution in [0, 0.1) is 5.82 Å². The van der Waals surface area contributed by atoms with Crippen LogP contribution in [0.5, 0.6) is 11.5 Å². The summed E-state index contributed by atoms with van der Waals surface area (Å²) in [5, 5.41) is 21.7. The number of rotatable bonds is 7. The van der Waals surface area contributed by atoms with Gasteiger partial charge in [0.1, 0.15) is 47.6 Å². The Balaban J connectivity index is 1.44. The molecule has 1 unspecified atom stereocenters. The molecule has 0 bridgehead atoms. The topological polar surface area (TPSA) is 124 Å². The minimum Gasteiger partial charge on any atom is -0.494 e. The predicted molar refractivity (Wildman–Crippen MR) is 148 cm³/mol. The van der Waals surface area contributed by atoms with Crippen LogP contribution in [-0.4, -0.2) is 62.2 Å². The van der Waals surface area contributed by atoms with Gasteiger partial charge in [-0.3, -0.25) is 9.78 Å². The zero-order valence-electron chi connectivity index (χ0n) is 23.3. The Labute approximate surface area is 247 Å². The largest absolute Gasteiger partial charge is 0.494 e. The Bertz CT molecular complexity index is 1870. The molecule has 1 amide bonds. The Hall–Kier alpha value is -5.11. The Morgan fingerprint density at radius 1 is 1.14 bits per heavy atom. The first kappa shape index (κ1) is 29.0. The summed E-state index contributed by atoms with van der Waals surface area (Å²) in [6.07, 6.45) is -0.977. The van der Waals surface area contributed by atoms with E-state index in [-0.39, 0.29) is 40.5 Å². The van der Waals surface area contributed by atoms with Crippen molar-refractivity contribution >= 4 is 16.8 Å². The van der Waals surface area contributed by atoms with Gasteiger partial charge in [0.05, 0.1) is 19.3 Å². The second-order valence-corrected chi connectivity index (χ2v) is 10.5. The van der Waals surface area contributed by atoms with Crippen LogP contribution in [0.2, 0.25) is 0 Å². The normalized spacial score (nSPS) is 17.5. The molecule has 3 aromatic heterocycles. The molecule has 0 saturated heterocycles. The maximum Gasteiger partial charge on any atom is 0.424 e. The second-order valence-electron chi connectivity index (χ2n) is 10.5. The monoisotopic (exact) mass is 608 g/mol. The zero-order valence-corrected chi connectivity index (χ0v) is 23.3. The molecule has 44 heavy (non-hydrogen) atoms. The third-order valence-corrected chi connectivity index (χ3v) is 7.71. The van der Waals surface area contributed by atoms with Crippen LogP contribution in [0.3, 0.4) is 0 Å². The molecular weight excluding hydrogens is 584 g/mol. The van der Waals surface area contributed by atoms with E-state index in [0.717, 1.165) is 18.2 Å². The lowest BCUT2D eigenvalue weighted by atomic mass is 9.88. The first-order valence-corrected chi connectivity index (χ1v) is 13.2. The molecule has 6 rings (SSSR count). The van der Waals surface area contributed by atoms with Crippen molar-refractivity contribution in [3.05, 3.63) is 96.1 Å². The molecule has 5 aromatic rings. The number of ether oxygens (including phenoxy) is 2. The van der Waals surface area contributed by atoms with Crippen molar-refractivity contribution in [3.8, 4) is 22.8 Å². The van der Waals surface area contributed by atoms with E-state index in [1.165, 1.54) is 50.2 Å². The number of aromatic nitrogens is 5. The van der Waals surface area contributed by atoms with Gasteiger partial charge in [-0.15, -0.1) is 10.2 Å². The highest BCUT2D eigenvalue weighted by molar-refractivity contribution is 5.99. The maximum absolute atomic E-state index is 14.8. The highest BCUT2D eigenvalue weighted by atomic mass is 19.4. The highest BCUT2D eigenvalue weighted by Crippen LogP contribution is 2.48. The first-order valence-electron chi connectivity index (χ1n) is 13.2. The predicted octanol–water partition coefficient (Wildman–Crippen LogP) is 4.37. The van der Waals surface area contributed by atoms with Gasteiger partial charge in [-0.05, 0) is 55.5 Å². The molecule has 0 spiro atoms. The zero-order chi connectivity index (χ0) is 31.3. The summed E-state index contributed by atoms with van der Waals surface area (Å²) < 4.78 is 71.0. The third kappa shape index (κ3) is 4.76. The quantitative estimate of drug-likeness (QED) is 0.261. The molecule has 2 aromatic carbocycles. The van der Waals surface area contributed by atoms with E-state index < -0.39 is 41.3 Å². The standard InChI is InChI=1S/C30H24F4N6O4/c1-28(40-15-37-38-16-40)14-44-26-21(28)12-23(39-25(26)17-5-7-20(31)8-6-17)29(42,30(32,33)34)13-36-27(41)19-10-18-4-3-9-35-24(18)22(11-19)43-2/h3-12,15-16,42H,13-14H2,1-2H3,(H,36,41)/t28-,29?/m0/s1. The first-order chi connectivity index (χ1) is 20.9. The van der Waals surface area contributed by atoms with Crippen molar-refractivity contribution in [1.82, 2.24) is 30.0 Å². The fourth-order valence-corrected chi connectivity index (χ4v) is 5.15. The minimum atomic E-state index is -5.29. The van der Waals surface area contributed by atoms with Crippen molar-refractivity contribution < 1.29 is 36.9 Å². The van der Waals surface area contributed by atoms with E-state index in [1.54, 1.807) is 23.6 Å². The fraction of sp³-hybridized carbons (Fsp3) is 0.233. The molecule has 0 saturated carbocycles. The number of amides is 1. The number of hydrogen-bond acceptors (Lipinski definition) is 8. The molecule has 10 nitrogen and oxygen atoms in total. The summed E-state index contributed by atoms with van der Waals surface area (Å²) in [6.45, 7) is 0.415. The van der Waals surface area contributed by atoms with E-state index in [0.29, 0.717) is 10.9 Å². The number of aliphatic hydroxyl groups is 1. The Morgan fingerprint density at radius 3 is 2.55 bits per heavy atom. The average molecular weight is 609 g/mol. The van der Waals surface area contributed by atoms with Gasteiger partial charge in [-0.25, -0.2) is 9.37 Å². The van der Waals surface area contributed by atoms with Gasteiger partial charge in [0.15, 0.2) is 5.75 Å². The molecule has 2 N–H and O–H groups in total. The van der Waals surface area contributed by atoms with Crippen LogP contribution >= 0.6 is 0 Å². The lowest BCUT2D eigenvalue weighted by Gasteiger charge is -2.32. The van der Waals surface area contributed by atoms with Crippen molar-refractivity contribution in [2.45, 2.75) is 24.2 Å². The number of nitrogens with zero attached hydrogens (tertiary/aromatic N) is 5. The summed E-state index contributed by atoms with van der Waals surface area (Å²) in [4.78, 5) is 21.6. The molecule has 14 heteroatoms. The van der Waals surface area contributed by atoms with Gasteiger partial charge in [0.2, 0.25) is 5.60 Å². The van der Waals surface area contributed by atoms with E-state index in [4.69, 9.17) is 9.47 Å². The molecule has 2 atom stereocenters. The summed E-state index contributed by atoms with van der Waals surface area (Å²) in [6, 6.07) is 12.2. The summed E-state index contributed by atoms with van der Waals surface area (Å²) in [7, 11) is 1.38. The number of pyridine rings is 2. The van der Waals surface area contributed by atoms with Crippen molar-refractivity contribution in [2.75, 3.05) is 20.3 Å². The minimum absolute atomic E-state index is 0.00521. The number of carbonyl (C=O) groups excluding carboxylic acids is 1. The second kappa shape index (κ2) is 10.6. The third-order valence-electron chi connectivity index (χ3n) is 7.71. The van der Waals surface area contributed by atoms with E-state index in [9.17, 15) is 27.5 Å². The van der Waals surface area contributed by atoms with E-state index >= 15 is 0 Å². The maximum atomic E-state index is 14.8. The van der Waals surface area contributed by atoms with Crippen LogP contribution in [-0.2, 0) is 11.1 Å². The molecule has 226 valence electrons. The van der Waals surface area contributed by atoms with Crippen LogP contribution in [0.4, 0.5) is 17.6 Å². The highest BCUT2D eigenvalue weighted by Gasteiger charge is 2.57. The fourth-order valence-electron chi connectivity index (χ4n) is 5.15.